The van der Waals surface area contributed by atoms with Gasteiger partial charge in [-0.3, -0.25) is 9.59 Å². The van der Waals surface area contributed by atoms with E-state index in [-0.39, 0.29) is 16.3 Å². The highest BCUT2D eigenvalue weighted by Gasteiger charge is 2.25. The number of carboxylic acid groups (broad SMARTS) is 1. The average Bonchev–Trinajstić information content (AvgIpc) is 2.00. The monoisotopic (exact) mass is 218 g/mol. The fourth-order valence-electron chi connectivity index (χ4n) is 0.928. The van der Waals surface area contributed by atoms with Crippen LogP contribution in [0.3, 0.4) is 0 Å². The first-order valence-corrected chi connectivity index (χ1v) is 5.66. The number of hydrogen-bond acceptors (Lipinski definition) is 3. The first-order valence-electron chi connectivity index (χ1n) is 4.67. The van der Waals surface area contributed by atoms with Crippen LogP contribution in [0.25, 0.3) is 0 Å². The van der Waals surface area contributed by atoms with Crippen molar-refractivity contribution in [1.82, 2.24) is 0 Å². The number of carbonyl (C=O) groups is 2. The number of ketones is 1. The maximum absolute atomic E-state index is 11.5. The van der Waals surface area contributed by atoms with E-state index in [1.165, 1.54) is 11.8 Å². The molecule has 0 aliphatic rings. The molecule has 1 atom stereocenters. The number of carboxylic acids is 1. The molecule has 82 valence electrons. The molecule has 0 heterocycles. The van der Waals surface area contributed by atoms with Gasteiger partial charge in [0.05, 0.1) is 5.75 Å². The second-order valence-corrected chi connectivity index (χ2v) is 5.97. The number of aliphatic carboxylic acids is 1. The van der Waals surface area contributed by atoms with E-state index in [4.69, 9.17) is 5.11 Å². The lowest BCUT2D eigenvalue weighted by Crippen LogP contribution is -2.26. The second kappa shape index (κ2) is 5.39. The molecule has 0 aliphatic carbocycles. The summed E-state index contributed by atoms with van der Waals surface area (Å²) in [6.07, 6.45) is 0.374. The molecule has 14 heavy (non-hydrogen) atoms. The van der Waals surface area contributed by atoms with Crippen LogP contribution in [0.1, 0.15) is 34.1 Å². The Hall–Kier alpha value is -0.510. The lowest BCUT2D eigenvalue weighted by atomic mass is 10.0. The Morgan fingerprint density at radius 2 is 1.86 bits per heavy atom. The molecule has 0 radical (unpaired) electrons. The van der Waals surface area contributed by atoms with Crippen molar-refractivity contribution in [3.8, 4) is 0 Å². The Balaban J connectivity index is 4.13. The largest absolute Gasteiger partial charge is 0.481 e. The van der Waals surface area contributed by atoms with Gasteiger partial charge in [0.1, 0.15) is 5.92 Å². The Labute approximate surface area is 89.3 Å². The molecule has 0 saturated heterocycles. The number of hydrogen-bond donors (Lipinski definition) is 1. The van der Waals surface area contributed by atoms with Crippen molar-refractivity contribution in [3.05, 3.63) is 0 Å². The predicted molar refractivity (Wildman–Crippen MR) is 58.6 cm³/mol. The third kappa shape index (κ3) is 5.27. The lowest BCUT2D eigenvalue weighted by molar-refractivity contribution is -0.145. The first kappa shape index (κ1) is 13.5. The molecule has 0 fully saturated rings. The Morgan fingerprint density at radius 1 is 1.36 bits per heavy atom. The normalized spacial score (nSPS) is 13.7. The van der Waals surface area contributed by atoms with Gasteiger partial charge in [-0.2, -0.15) is 0 Å². The molecule has 1 N–H and O–H groups in total. The van der Waals surface area contributed by atoms with Crippen molar-refractivity contribution in [3.63, 3.8) is 0 Å². The van der Waals surface area contributed by atoms with E-state index >= 15 is 0 Å². The second-order valence-electron chi connectivity index (χ2n) is 4.17. The molecule has 0 aromatic heterocycles. The summed E-state index contributed by atoms with van der Waals surface area (Å²) in [6, 6.07) is 0. The topological polar surface area (TPSA) is 54.4 Å². The van der Waals surface area contributed by atoms with Gasteiger partial charge in [-0.05, 0) is 6.42 Å². The minimum absolute atomic E-state index is 0.00640. The molecule has 0 bridgehead atoms. The van der Waals surface area contributed by atoms with Gasteiger partial charge in [0, 0.05) is 4.75 Å². The highest BCUT2D eigenvalue weighted by Crippen LogP contribution is 2.24. The maximum atomic E-state index is 11.5. The standard InChI is InChI=1S/C10H18O3S/c1-5-7(9(12)13)8(11)6-14-10(2,3)4/h7H,5-6H2,1-4H3,(H,12,13). The molecule has 0 aromatic rings. The highest BCUT2D eigenvalue weighted by atomic mass is 32.2. The quantitative estimate of drug-likeness (QED) is 0.719. The first-order chi connectivity index (χ1) is 6.28. The van der Waals surface area contributed by atoms with Gasteiger partial charge in [-0.1, -0.05) is 27.7 Å². The van der Waals surface area contributed by atoms with Crippen molar-refractivity contribution in [2.75, 3.05) is 5.75 Å². The van der Waals surface area contributed by atoms with Crippen LogP contribution in [-0.4, -0.2) is 27.4 Å². The fourth-order valence-corrected chi connectivity index (χ4v) is 1.70. The zero-order chi connectivity index (χ0) is 11.4. The molecule has 0 aromatic carbocycles. The lowest BCUT2D eigenvalue weighted by Gasteiger charge is -2.18. The average molecular weight is 218 g/mol. The smallest absolute Gasteiger partial charge is 0.314 e. The van der Waals surface area contributed by atoms with Gasteiger partial charge >= 0.3 is 5.97 Å². The Kier molecular flexibility index (Phi) is 5.19. The number of Topliss-reactive ketones (excluding diaryl/α,β-unsaturated/α-hetero) is 1. The van der Waals surface area contributed by atoms with Crippen LogP contribution in [0.5, 0.6) is 0 Å². The van der Waals surface area contributed by atoms with Crippen molar-refractivity contribution in [2.24, 2.45) is 5.92 Å². The van der Waals surface area contributed by atoms with Gasteiger partial charge in [0.2, 0.25) is 0 Å². The molecule has 1 unspecified atom stereocenters. The van der Waals surface area contributed by atoms with Crippen LogP contribution in [0.15, 0.2) is 0 Å². The van der Waals surface area contributed by atoms with E-state index in [1.807, 2.05) is 20.8 Å². The predicted octanol–water partition coefficient (Wildman–Crippen LogP) is 2.20. The molecule has 0 aliphatic heterocycles. The Bertz CT molecular complexity index is 218. The molecule has 0 spiro atoms. The summed E-state index contributed by atoms with van der Waals surface area (Å²) in [4.78, 5) is 22.1. The van der Waals surface area contributed by atoms with E-state index in [0.29, 0.717) is 6.42 Å². The van der Waals surface area contributed by atoms with Crippen molar-refractivity contribution < 1.29 is 14.7 Å². The summed E-state index contributed by atoms with van der Waals surface area (Å²) >= 11 is 1.49. The van der Waals surface area contributed by atoms with Gasteiger partial charge in [-0.25, -0.2) is 0 Å². The fraction of sp³-hybridized carbons (Fsp3) is 0.800. The number of rotatable bonds is 5. The van der Waals surface area contributed by atoms with Gasteiger partial charge in [0.15, 0.2) is 5.78 Å². The third-order valence-electron chi connectivity index (χ3n) is 1.74. The zero-order valence-corrected chi connectivity index (χ0v) is 9.98. The summed E-state index contributed by atoms with van der Waals surface area (Å²) in [5, 5.41) is 8.74. The molecule has 4 heteroatoms. The van der Waals surface area contributed by atoms with Crippen molar-refractivity contribution in [1.29, 1.82) is 0 Å². The van der Waals surface area contributed by atoms with E-state index in [2.05, 4.69) is 0 Å². The van der Waals surface area contributed by atoms with Crippen LogP contribution < -0.4 is 0 Å². The van der Waals surface area contributed by atoms with Crippen LogP contribution in [0, 0.1) is 5.92 Å². The number of carbonyl (C=O) groups excluding carboxylic acids is 1. The maximum Gasteiger partial charge on any atom is 0.314 e. The highest BCUT2D eigenvalue weighted by molar-refractivity contribution is 8.01. The summed E-state index contributed by atoms with van der Waals surface area (Å²) in [7, 11) is 0. The van der Waals surface area contributed by atoms with Crippen LogP contribution >= 0.6 is 11.8 Å². The number of thioether (sulfide) groups is 1. The van der Waals surface area contributed by atoms with Gasteiger partial charge in [-0.15, -0.1) is 11.8 Å². The molecule has 3 nitrogen and oxygen atoms in total. The molecule has 0 rings (SSSR count). The van der Waals surface area contributed by atoms with Crippen molar-refractivity contribution in [2.45, 2.75) is 38.9 Å². The molecule has 0 amide bonds. The van der Waals surface area contributed by atoms with E-state index in [9.17, 15) is 9.59 Å². The minimum atomic E-state index is -1.01. The Morgan fingerprint density at radius 3 is 2.14 bits per heavy atom. The van der Waals surface area contributed by atoms with Crippen LogP contribution in [0.4, 0.5) is 0 Å². The SMILES string of the molecule is CCC(C(=O)O)C(=O)CSC(C)(C)C. The summed E-state index contributed by atoms with van der Waals surface area (Å²) in [5.41, 5.74) is 0. The van der Waals surface area contributed by atoms with Crippen molar-refractivity contribution >= 4 is 23.5 Å². The summed E-state index contributed by atoms with van der Waals surface area (Å²) in [5.74, 6) is -1.73. The molecule has 0 saturated carbocycles. The van der Waals surface area contributed by atoms with E-state index in [1.54, 1.807) is 6.92 Å². The van der Waals surface area contributed by atoms with Crippen LogP contribution in [-0.2, 0) is 9.59 Å². The van der Waals surface area contributed by atoms with E-state index in [0.717, 1.165) is 0 Å². The minimum Gasteiger partial charge on any atom is -0.481 e. The van der Waals surface area contributed by atoms with Gasteiger partial charge in [0.25, 0.3) is 0 Å². The van der Waals surface area contributed by atoms with E-state index < -0.39 is 11.9 Å². The molecular weight excluding hydrogens is 200 g/mol. The summed E-state index contributed by atoms with van der Waals surface area (Å²) < 4.78 is 0.00640. The van der Waals surface area contributed by atoms with Gasteiger partial charge < -0.3 is 5.11 Å². The zero-order valence-electron chi connectivity index (χ0n) is 9.16. The van der Waals surface area contributed by atoms with Crippen LogP contribution in [0.2, 0.25) is 0 Å². The molecular formula is C10H18O3S. The third-order valence-corrected chi connectivity index (χ3v) is 3.04. The summed E-state index contributed by atoms with van der Waals surface area (Å²) in [6.45, 7) is 7.74.